The Labute approximate surface area is 87.7 Å². The molecule has 0 aromatic carbocycles. The van der Waals surface area contributed by atoms with Crippen LogP contribution in [0.2, 0.25) is 0 Å². The molecule has 0 heterocycles. The highest BCUT2D eigenvalue weighted by molar-refractivity contribution is 6.33. The summed E-state index contributed by atoms with van der Waals surface area (Å²) in [7, 11) is 0. The first-order valence-corrected chi connectivity index (χ1v) is 5.04. The van der Waals surface area contributed by atoms with E-state index in [1.165, 1.54) is 20.8 Å². The normalized spacial score (nSPS) is 37.2. The van der Waals surface area contributed by atoms with Crippen LogP contribution >= 0.6 is 0 Å². The Hall–Kier alpha value is -1.03. The molecule has 82 valence electrons. The average Bonchev–Trinajstić information content (AvgIpc) is 2.93. The first-order valence-electron chi connectivity index (χ1n) is 5.04. The number of hydrogen-bond acceptors (Lipinski definition) is 4. The van der Waals surface area contributed by atoms with Crippen molar-refractivity contribution in [2.45, 2.75) is 39.2 Å². The lowest BCUT2D eigenvalue weighted by Crippen LogP contribution is -2.63. The fourth-order valence-electron chi connectivity index (χ4n) is 2.56. The van der Waals surface area contributed by atoms with Crippen molar-refractivity contribution in [3.8, 4) is 0 Å². The maximum absolute atomic E-state index is 12.0. The van der Waals surface area contributed by atoms with Gasteiger partial charge in [0, 0.05) is 0 Å². The van der Waals surface area contributed by atoms with Crippen molar-refractivity contribution in [3.63, 3.8) is 0 Å². The fraction of sp³-hybridized carbons (Fsp3) is 0.727. The van der Waals surface area contributed by atoms with Crippen LogP contribution in [0.5, 0.6) is 0 Å². The zero-order valence-electron chi connectivity index (χ0n) is 9.09. The van der Waals surface area contributed by atoms with Crippen LogP contribution in [0.4, 0.5) is 0 Å². The number of hydrogen-bond donors (Lipinski definition) is 1. The number of Topliss-reactive ketones (excluding diaryl/α,β-unsaturated/α-hetero) is 3. The molecule has 2 saturated carbocycles. The van der Waals surface area contributed by atoms with Gasteiger partial charge < -0.3 is 5.11 Å². The summed E-state index contributed by atoms with van der Waals surface area (Å²) in [4.78, 5) is 35.6. The minimum absolute atomic E-state index is 0.323. The zero-order chi connectivity index (χ0) is 11.6. The third-order valence-electron chi connectivity index (χ3n) is 3.64. The molecule has 1 atom stereocenters. The van der Waals surface area contributed by atoms with E-state index in [-0.39, 0.29) is 5.78 Å². The second kappa shape index (κ2) is 2.38. The molecule has 0 saturated heterocycles. The summed E-state index contributed by atoms with van der Waals surface area (Å²) >= 11 is 0. The van der Waals surface area contributed by atoms with Crippen molar-refractivity contribution in [3.05, 3.63) is 0 Å². The standard InChI is InChI=1S/C11H14O4/c1-9(2)6(12)10(3,15)8(14)11(4-5-11)7(9)13/h15H,4-5H2,1-3H3. The van der Waals surface area contributed by atoms with Crippen molar-refractivity contribution >= 4 is 17.3 Å². The first-order chi connectivity index (χ1) is 6.67. The fourth-order valence-corrected chi connectivity index (χ4v) is 2.56. The topological polar surface area (TPSA) is 71.4 Å². The highest BCUT2D eigenvalue weighted by atomic mass is 16.3. The van der Waals surface area contributed by atoms with Crippen LogP contribution in [0.3, 0.4) is 0 Å². The van der Waals surface area contributed by atoms with Crippen LogP contribution in [-0.2, 0) is 14.4 Å². The minimum atomic E-state index is -1.99. The van der Waals surface area contributed by atoms with Gasteiger partial charge in [-0.2, -0.15) is 0 Å². The van der Waals surface area contributed by atoms with E-state index in [0.717, 1.165) is 0 Å². The van der Waals surface area contributed by atoms with E-state index in [0.29, 0.717) is 12.8 Å². The van der Waals surface area contributed by atoms with Crippen LogP contribution < -0.4 is 0 Å². The van der Waals surface area contributed by atoms with Crippen molar-refractivity contribution in [1.82, 2.24) is 0 Å². The first kappa shape index (κ1) is 10.5. The number of carbonyl (C=O) groups excluding carboxylic acids is 3. The monoisotopic (exact) mass is 210 g/mol. The molecule has 0 amide bonds. The van der Waals surface area contributed by atoms with E-state index in [9.17, 15) is 19.5 Å². The van der Waals surface area contributed by atoms with Crippen LogP contribution in [0, 0.1) is 10.8 Å². The molecular weight excluding hydrogens is 196 g/mol. The molecule has 0 aliphatic heterocycles. The lowest BCUT2D eigenvalue weighted by Gasteiger charge is -2.39. The maximum Gasteiger partial charge on any atom is 0.185 e. The van der Waals surface area contributed by atoms with Crippen molar-refractivity contribution in [2.75, 3.05) is 0 Å². The van der Waals surface area contributed by atoms with Crippen LogP contribution in [0.1, 0.15) is 33.6 Å². The third-order valence-corrected chi connectivity index (χ3v) is 3.64. The second-order valence-electron chi connectivity index (χ2n) is 5.27. The Balaban J connectivity index is 2.58. The average molecular weight is 210 g/mol. The quantitative estimate of drug-likeness (QED) is 0.582. The Kier molecular flexibility index (Phi) is 1.66. The molecule has 4 heteroatoms. The van der Waals surface area contributed by atoms with Gasteiger partial charge in [0.05, 0.1) is 10.8 Å². The number of aliphatic hydroxyl groups is 1. The second-order valence-corrected chi connectivity index (χ2v) is 5.27. The molecular formula is C11H14O4. The molecule has 2 rings (SSSR count). The Bertz CT molecular complexity index is 318. The lowest BCUT2D eigenvalue weighted by molar-refractivity contribution is -0.170. The maximum atomic E-state index is 12.0. The van der Waals surface area contributed by atoms with E-state index in [2.05, 4.69) is 0 Å². The molecule has 2 aliphatic rings. The molecule has 0 radical (unpaired) electrons. The molecule has 1 unspecified atom stereocenters. The van der Waals surface area contributed by atoms with Gasteiger partial charge in [0.25, 0.3) is 0 Å². The van der Waals surface area contributed by atoms with Gasteiger partial charge in [-0.1, -0.05) is 0 Å². The number of ketones is 3. The summed E-state index contributed by atoms with van der Waals surface area (Å²) in [6.45, 7) is 4.17. The van der Waals surface area contributed by atoms with E-state index < -0.39 is 28.0 Å². The Morgan fingerprint density at radius 1 is 0.933 bits per heavy atom. The summed E-state index contributed by atoms with van der Waals surface area (Å²) in [6, 6.07) is 0. The smallest absolute Gasteiger partial charge is 0.185 e. The number of carbonyl (C=O) groups is 3. The minimum Gasteiger partial charge on any atom is -0.375 e. The van der Waals surface area contributed by atoms with E-state index >= 15 is 0 Å². The predicted molar refractivity (Wildman–Crippen MR) is 51.1 cm³/mol. The SMILES string of the molecule is CC1(C)C(=O)C(C)(O)C(=O)C2(CC2)C1=O. The van der Waals surface area contributed by atoms with Gasteiger partial charge in [-0.05, 0) is 33.6 Å². The van der Waals surface area contributed by atoms with Gasteiger partial charge in [-0.25, -0.2) is 0 Å². The van der Waals surface area contributed by atoms with Gasteiger partial charge in [-0.3, -0.25) is 14.4 Å². The molecule has 2 fully saturated rings. The molecule has 0 aromatic rings. The van der Waals surface area contributed by atoms with Crippen molar-refractivity contribution < 1.29 is 19.5 Å². The summed E-state index contributed by atoms with van der Waals surface area (Å²) in [5.41, 5.74) is -4.29. The largest absolute Gasteiger partial charge is 0.375 e. The molecule has 15 heavy (non-hydrogen) atoms. The van der Waals surface area contributed by atoms with Crippen LogP contribution in [0.25, 0.3) is 0 Å². The summed E-state index contributed by atoms with van der Waals surface area (Å²) in [5.74, 6) is -1.61. The van der Waals surface area contributed by atoms with Gasteiger partial charge in [-0.15, -0.1) is 0 Å². The van der Waals surface area contributed by atoms with E-state index in [1.807, 2.05) is 0 Å². The number of rotatable bonds is 0. The van der Waals surface area contributed by atoms with Gasteiger partial charge in [0.15, 0.2) is 23.0 Å². The highest BCUT2D eigenvalue weighted by Gasteiger charge is 2.71. The van der Waals surface area contributed by atoms with Gasteiger partial charge >= 0.3 is 0 Å². The third kappa shape index (κ3) is 0.977. The molecule has 1 spiro atoms. The molecule has 1 N–H and O–H groups in total. The van der Waals surface area contributed by atoms with Crippen molar-refractivity contribution in [2.24, 2.45) is 10.8 Å². The molecule has 2 aliphatic carbocycles. The molecule has 0 aromatic heterocycles. The summed E-state index contributed by atoms with van der Waals surface area (Å²) < 4.78 is 0. The van der Waals surface area contributed by atoms with Gasteiger partial charge in [0.2, 0.25) is 0 Å². The highest BCUT2D eigenvalue weighted by Crippen LogP contribution is 2.57. The van der Waals surface area contributed by atoms with Crippen LogP contribution in [-0.4, -0.2) is 28.1 Å². The van der Waals surface area contributed by atoms with E-state index in [4.69, 9.17) is 0 Å². The predicted octanol–water partition coefficient (Wildman–Crippen LogP) is 0.265. The van der Waals surface area contributed by atoms with Crippen molar-refractivity contribution in [1.29, 1.82) is 0 Å². The Morgan fingerprint density at radius 2 is 1.40 bits per heavy atom. The zero-order valence-corrected chi connectivity index (χ0v) is 9.09. The Morgan fingerprint density at radius 3 is 1.80 bits per heavy atom. The van der Waals surface area contributed by atoms with Crippen LogP contribution in [0.15, 0.2) is 0 Å². The lowest BCUT2D eigenvalue weighted by atomic mass is 9.61. The molecule has 0 bridgehead atoms. The molecule has 4 nitrogen and oxygen atoms in total. The summed E-state index contributed by atoms with van der Waals surface area (Å²) in [5, 5.41) is 9.89. The van der Waals surface area contributed by atoms with E-state index in [1.54, 1.807) is 0 Å². The summed E-state index contributed by atoms with van der Waals surface area (Å²) in [6.07, 6.45) is 0.940. The van der Waals surface area contributed by atoms with Gasteiger partial charge in [0.1, 0.15) is 0 Å².